The Hall–Kier alpha value is -5.11. The number of ketones is 1. The third-order valence-corrected chi connectivity index (χ3v) is 7.28. The molecule has 2 aromatic carbocycles. The number of pyridine rings is 1. The Morgan fingerprint density at radius 2 is 1.67 bits per heavy atom. The number of hydrogen-bond donors (Lipinski definition) is 2. The van der Waals surface area contributed by atoms with E-state index in [2.05, 4.69) is 15.3 Å². The molecule has 0 aliphatic carbocycles. The van der Waals surface area contributed by atoms with Crippen molar-refractivity contribution >= 4 is 50.0 Å². The SMILES string of the molecule is COc1c(C(=O)NCc2cnc(C)cn2)sc2c1c(=O)n(CC(=O)c1ccccc1)c1ccccc21.O=C(O)C(F)(F)F. The normalized spacial score (nSPS) is 11.1. The van der Waals surface area contributed by atoms with Gasteiger partial charge in [-0.25, -0.2) is 4.79 Å². The lowest BCUT2D eigenvalue weighted by molar-refractivity contribution is -0.192. The summed E-state index contributed by atoms with van der Waals surface area (Å²) in [5, 5.41) is 11.0. The third kappa shape index (κ3) is 6.86. The van der Waals surface area contributed by atoms with Gasteiger partial charge in [-0.3, -0.25) is 28.9 Å². The number of hydrogen-bond acceptors (Lipinski definition) is 8. The molecule has 0 aliphatic heterocycles. The smallest absolute Gasteiger partial charge is 0.490 e. The number of alkyl halides is 3. The van der Waals surface area contributed by atoms with Crippen molar-refractivity contribution < 1.29 is 37.4 Å². The summed E-state index contributed by atoms with van der Waals surface area (Å²) in [7, 11) is 1.43. The largest absolute Gasteiger partial charge is 0.494 e. The Labute approximate surface area is 245 Å². The van der Waals surface area contributed by atoms with Crippen LogP contribution in [-0.2, 0) is 17.9 Å². The number of aromatic nitrogens is 3. The molecule has 0 saturated heterocycles. The number of Topliss-reactive ketones (excluding diaryl/α,β-unsaturated/α-hetero) is 1. The molecule has 0 spiro atoms. The van der Waals surface area contributed by atoms with Gasteiger partial charge in [-0.15, -0.1) is 11.3 Å². The van der Waals surface area contributed by atoms with E-state index in [0.29, 0.717) is 21.5 Å². The van der Waals surface area contributed by atoms with E-state index in [1.54, 1.807) is 42.7 Å². The van der Waals surface area contributed by atoms with Crippen molar-refractivity contribution in [3.05, 3.63) is 99.2 Å². The van der Waals surface area contributed by atoms with Crippen LogP contribution in [0.5, 0.6) is 5.75 Å². The number of carboxylic acid groups (broad SMARTS) is 1. The van der Waals surface area contributed by atoms with E-state index >= 15 is 0 Å². The van der Waals surface area contributed by atoms with Gasteiger partial charge >= 0.3 is 12.1 Å². The summed E-state index contributed by atoms with van der Waals surface area (Å²) in [6.07, 6.45) is -1.85. The number of halogens is 3. The summed E-state index contributed by atoms with van der Waals surface area (Å²) in [5.41, 5.74) is 2.14. The molecule has 222 valence electrons. The fraction of sp³-hybridized carbons (Fsp3) is 0.172. The number of fused-ring (bicyclic) bond motifs is 3. The van der Waals surface area contributed by atoms with Gasteiger partial charge < -0.3 is 15.2 Å². The molecule has 3 aromatic heterocycles. The number of benzene rings is 2. The Morgan fingerprint density at radius 3 is 2.28 bits per heavy atom. The number of para-hydroxylation sites is 1. The number of carbonyl (C=O) groups is 3. The van der Waals surface area contributed by atoms with Gasteiger partial charge in [0.25, 0.3) is 11.5 Å². The summed E-state index contributed by atoms with van der Waals surface area (Å²) < 4.78 is 39.4. The van der Waals surface area contributed by atoms with Crippen molar-refractivity contribution in [3.8, 4) is 5.75 Å². The van der Waals surface area contributed by atoms with Crippen LogP contribution < -0.4 is 15.6 Å². The Bertz CT molecular complexity index is 1870. The van der Waals surface area contributed by atoms with Crippen LogP contribution in [0.4, 0.5) is 13.2 Å². The number of nitrogens with one attached hydrogen (secondary N) is 1. The zero-order chi connectivity index (χ0) is 31.3. The maximum Gasteiger partial charge on any atom is 0.490 e. The topological polar surface area (TPSA) is 140 Å². The molecule has 1 amide bonds. The van der Waals surface area contributed by atoms with Crippen molar-refractivity contribution in [3.63, 3.8) is 0 Å². The maximum absolute atomic E-state index is 13.7. The molecule has 10 nitrogen and oxygen atoms in total. The van der Waals surface area contributed by atoms with E-state index in [-0.39, 0.29) is 46.4 Å². The first kappa shape index (κ1) is 30.8. The van der Waals surface area contributed by atoms with Gasteiger partial charge in [-0.2, -0.15) is 13.2 Å². The molecule has 5 aromatic rings. The van der Waals surface area contributed by atoms with Crippen LogP contribution in [0.15, 0.2) is 71.8 Å². The monoisotopic (exact) mass is 612 g/mol. The summed E-state index contributed by atoms with van der Waals surface area (Å²) in [6.45, 7) is 1.88. The number of amides is 1. The molecule has 0 radical (unpaired) electrons. The number of rotatable bonds is 7. The highest BCUT2D eigenvalue weighted by Crippen LogP contribution is 2.39. The second-order valence-corrected chi connectivity index (χ2v) is 10.0. The van der Waals surface area contributed by atoms with Crippen LogP contribution in [0.1, 0.15) is 31.4 Å². The summed E-state index contributed by atoms with van der Waals surface area (Å²) >= 11 is 1.19. The van der Waals surface area contributed by atoms with Gasteiger partial charge in [0.2, 0.25) is 0 Å². The van der Waals surface area contributed by atoms with Gasteiger partial charge in [0, 0.05) is 17.1 Å². The van der Waals surface area contributed by atoms with Gasteiger partial charge in [0.15, 0.2) is 11.5 Å². The van der Waals surface area contributed by atoms with Gasteiger partial charge in [0.1, 0.15) is 10.3 Å². The van der Waals surface area contributed by atoms with E-state index in [1.807, 2.05) is 31.2 Å². The molecular weight excluding hydrogens is 589 g/mol. The number of ether oxygens (including phenoxy) is 1. The molecule has 0 aliphatic rings. The van der Waals surface area contributed by atoms with Crippen molar-refractivity contribution in [2.75, 3.05) is 7.11 Å². The average molecular weight is 613 g/mol. The molecule has 3 heterocycles. The van der Waals surface area contributed by atoms with Crippen LogP contribution in [0.2, 0.25) is 0 Å². The Morgan fingerprint density at radius 1 is 1.02 bits per heavy atom. The molecule has 0 bridgehead atoms. The van der Waals surface area contributed by atoms with Crippen LogP contribution in [-0.4, -0.2) is 50.6 Å². The molecular formula is C29H23F3N4O6S. The first-order chi connectivity index (χ1) is 20.4. The van der Waals surface area contributed by atoms with E-state index in [0.717, 1.165) is 11.1 Å². The highest BCUT2D eigenvalue weighted by molar-refractivity contribution is 7.22. The fourth-order valence-corrected chi connectivity index (χ4v) is 5.28. The minimum Gasteiger partial charge on any atom is -0.494 e. The average Bonchev–Trinajstić information content (AvgIpc) is 3.39. The molecule has 0 atom stereocenters. The number of carboxylic acids is 1. The van der Waals surface area contributed by atoms with Gasteiger partial charge in [-0.05, 0) is 13.0 Å². The van der Waals surface area contributed by atoms with Crippen LogP contribution in [0.25, 0.3) is 21.0 Å². The van der Waals surface area contributed by atoms with Crippen molar-refractivity contribution in [2.24, 2.45) is 0 Å². The lowest BCUT2D eigenvalue weighted by Crippen LogP contribution is -2.25. The number of aliphatic carboxylic acids is 1. The Kier molecular flexibility index (Phi) is 9.19. The highest BCUT2D eigenvalue weighted by atomic mass is 32.1. The van der Waals surface area contributed by atoms with Gasteiger partial charge in [-0.1, -0.05) is 48.5 Å². The second kappa shape index (κ2) is 12.8. The molecule has 0 fully saturated rings. The molecule has 2 N–H and O–H groups in total. The van der Waals surface area contributed by atoms with Gasteiger partial charge in [0.05, 0.1) is 48.0 Å². The highest BCUT2D eigenvalue weighted by Gasteiger charge is 2.38. The first-order valence-corrected chi connectivity index (χ1v) is 13.3. The van der Waals surface area contributed by atoms with E-state index < -0.39 is 12.1 Å². The van der Waals surface area contributed by atoms with E-state index in [9.17, 15) is 27.6 Å². The summed E-state index contributed by atoms with van der Waals surface area (Å²) in [6, 6.07) is 16.2. The first-order valence-electron chi connectivity index (χ1n) is 12.5. The van der Waals surface area contributed by atoms with Crippen LogP contribution >= 0.6 is 11.3 Å². The number of aryl methyl sites for hydroxylation is 1. The standard InChI is InChI=1S/C27H22N4O4S.C2HF3O2/c1-16-12-29-18(13-28-16)14-30-26(33)25-23(35-2)22-24(36-25)19-10-6-7-11-20(19)31(27(22)34)15-21(32)17-8-4-3-5-9-17;3-2(4,5)1(6)7/h3-13H,14-15H2,1-2H3,(H,30,33);(H,6,7). The number of nitrogens with zero attached hydrogens (tertiary/aromatic N) is 3. The summed E-state index contributed by atoms with van der Waals surface area (Å²) in [4.78, 5) is 57.5. The predicted octanol–water partition coefficient (Wildman–Crippen LogP) is 4.77. The lowest BCUT2D eigenvalue weighted by Gasteiger charge is -2.11. The molecule has 0 unspecified atom stereocenters. The van der Waals surface area contributed by atoms with E-state index in [1.165, 1.54) is 23.0 Å². The molecule has 0 saturated carbocycles. The molecule has 43 heavy (non-hydrogen) atoms. The van der Waals surface area contributed by atoms with Crippen molar-refractivity contribution in [1.82, 2.24) is 19.9 Å². The Balaban J connectivity index is 0.000000541. The van der Waals surface area contributed by atoms with Crippen LogP contribution in [0.3, 0.4) is 0 Å². The minimum absolute atomic E-state index is 0.133. The van der Waals surface area contributed by atoms with Crippen LogP contribution in [0, 0.1) is 6.92 Å². The van der Waals surface area contributed by atoms with Crippen molar-refractivity contribution in [2.45, 2.75) is 26.2 Å². The fourth-order valence-electron chi connectivity index (χ4n) is 4.07. The summed E-state index contributed by atoms with van der Waals surface area (Å²) in [5.74, 6) is -3.13. The van der Waals surface area contributed by atoms with Crippen molar-refractivity contribution in [1.29, 1.82) is 0 Å². The zero-order valence-electron chi connectivity index (χ0n) is 22.6. The molecule has 14 heteroatoms. The van der Waals surface area contributed by atoms with E-state index in [4.69, 9.17) is 14.6 Å². The predicted molar refractivity (Wildman–Crippen MR) is 153 cm³/mol. The third-order valence-electron chi connectivity index (χ3n) is 6.08. The number of methoxy groups -OCH3 is 1. The minimum atomic E-state index is -5.08. The number of thiophene rings is 1. The lowest BCUT2D eigenvalue weighted by atomic mass is 10.1. The number of carbonyl (C=O) groups excluding carboxylic acids is 2. The maximum atomic E-state index is 13.7. The quantitative estimate of drug-likeness (QED) is 0.251. The zero-order valence-corrected chi connectivity index (χ0v) is 23.5. The molecule has 5 rings (SSSR count). The second-order valence-electron chi connectivity index (χ2n) is 9.00.